The number of halogens is 1. The number of benzene rings is 1. The van der Waals surface area contributed by atoms with Crippen LogP contribution in [0.5, 0.6) is 5.75 Å². The molecule has 1 aromatic carbocycles. The molecule has 0 saturated carbocycles. The number of para-hydroxylation sites is 1. The van der Waals surface area contributed by atoms with E-state index >= 15 is 0 Å². The van der Waals surface area contributed by atoms with E-state index in [1.54, 1.807) is 0 Å². The minimum Gasteiger partial charge on any atom is -0.490 e. The molecule has 0 aliphatic carbocycles. The first-order valence-electron chi connectivity index (χ1n) is 7.37. The van der Waals surface area contributed by atoms with Crippen LogP contribution in [0.25, 0.3) is 0 Å². The number of aromatic nitrogens is 2. The van der Waals surface area contributed by atoms with Gasteiger partial charge in [-0.1, -0.05) is 17.7 Å². The maximum atomic E-state index is 9.07. The van der Waals surface area contributed by atoms with E-state index in [-0.39, 0.29) is 6.61 Å². The van der Waals surface area contributed by atoms with E-state index in [1.165, 1.54) is 0 Å². The molecule has 0 aliphatic heterocycles. The molecule has 0 atom stereocenters. The van der Waals surface area contributed by atoms with Gasteiger partial charge in [0.2, 0.25) is 0 Å². The van der Waals surface area contributed by atoms with Gasteiger partial charge < -0.3 is 15.2 Å². The number of aliphatic hydroxyl groups is 1. The molecule has 0 amide bonds. The van der Waals surface area contributed by atoms with Crippen molar-refractivity contribution in [3.05, 3.63) is 40.2 Å². The van der Waals surface area contributed by atoms with E-state index in [2.05, 4.69) is 10.4 Å². The van der Waals surface area contributed by atoms with Crippen LogP contribution >= 0.6 is 11.6 Å². The third kappa shape index (κ3) is 3.54. The van der Waals surface area contributed by atoms with Gasteiger partial charge in [-0.05, 0) is 32.9 Å². The smallest absolute Gasteiger partial charge is 0.160 e. The molecule has 0 unspecified atom stereocenters. The summed E-state index contributed by atoms with van der Waals surface area (Å²) in [6, 6.07) is 5.65. The van der Waals surface area contributed by atoms with Gasteiger partial charge in [-0.3, -0.25) is 4.68 Å². The molecular weight excluding hydrogens is 302 g/mol. The SMILES string of the molecule is CCOc1c(Cl)cccc1NCc1c(C)nn(CCO)c1C. The fraction of sp³-hybridized carbons (Fsp3) is 0.438. The van der Waals surface area contributed by atoms with Crippen LogP contribution in [0, 0.1) is 13.8 Å². The number of anilines is 1. The van der Waals surface area contributed by atoms with E-state index < -0.39 is 0 Å². The zero-order valence-electron chi connectivity index (χ0n) is 13.2. The molecule has 22 heavy (non-hydrogen) atoms. The number of nitrogens with zero attached hydrogens (tertiary/aromatic N) is 2. The lowest BCUT2D eigenvalue weighted by Gasteiger charge is -2.14. The molecule has 0 bridgehead atoms. The normalized spacial score (nSPS) is 10.8. The lowest BCUT2D eigenvalue weighted by atomic mass is 10.2. The molecule has 5 nitrogen and oxygen atoms in total. The Bertz CT molecular complexity index is 641. The molecule has 1 heterocycles. The van der Waals surface area contributed by atoms with Gasteiger partial charge in [-0.15, -0.1) is 0 Å². The zero-order valence-corrected chi connectivity index (χ0v) is 13.9. The quantitative estimate of drug-likeness (QED) is 0.821. The van der Waals surface area contributed by atoms with Gasteiger partial charge in [-0.2, -0.15) is 5.10 Å². The lowest BCUT2D eigenvalue weighted by molar-refractivity contribution is 0.268. The van der Waals surface area contributed by atoms with E-state index in [0.29, 0.717) is 30.5 Å². The minimum atomic E-state index is 0.0810. The summed E-state index contributed by atoms with van der Waals surface area (Å²) in [6.07, 6.45) is 0. The number of nitrogens with one attached hydrogen (secondary N) is 1. The largest absolute Gasteiger partial charge is 0.490 e. The van der Waals surface area contributed by atoms with Gasteiger partial charge in [0.1, 0.15) is 0 Å². The maximum absolute atomic E-state index is 9.07. The lowest BCUT2D eigenvalue weighted by Crippen LogP contribution is -2.07. The molecule has 2 aromatic rings. The van der Waals surface area contributed by atoms with Crippen molar-refractivity contribution in [1.29, 1.82) is 0 Å². The van der Waals surface area contributed by atoms with Gasteiger partial charge in [0, 0.05) is 17.8 Å². The summed E-state index contributed by atoms with van der Waals surface area (Å²) in [5.41, 5.74) is 4.00. The van der Waals surface area contributed by atoms with Gasteiger partial charge >= 0.3 is 0 Å². The molecule has 0 spiro atoms. The highest BCUT2D eigenvalue weighted by molar-refractivity contribution is 6.32. The topological polar surface area (TPSA) is 59.3 Å². The highest BCUT2D eigenvalue weighted by atomic mass is 35.5. The molecular formula is C16H22ClN3O2. The van der Waals surface area contributed by atoms with Crippen LogP contribution in [0.2, 0.25) is 5.02 Å². The van der Waals surface area contributed by atoms with E-state index in [4.69, 9.17) is 21.4 Å². The Labute approximate surface area is 135 Å². The third-order valence-electron chi connectivity index (χ3n) is 3.55. The fourth-order valence-electron chi connectivity index (χ4n) is 2.42. The molecule has 0 radical (unpaired) electrons. The minimum absolute atomic E-state index is 0.0810. The average Bonchev–Trinajstić information content (AvgIpc) is 2.75. The summed E-state index contributed by atoms with van der Waals surface area (Å²) in [6.45, 7) is 7.69. The summed E-state index contributed by atoms with van der Waals surface area (Å²) < 4.78 is 7.44. The molecule has 2 rings (SSSR count). The van der Waals surface area contributed by atoms with Gasteiger partial charge in [0.25, 0.3) is 0 Å². The predicted molar refractivity (Wildman–Crippen MR) is 88.7 cm³/mol. The Morgan fingerprint density at radius 3 is 2.82 bits per heavy atom. The van der Waals surface area contributed by atoms with Crippen molar-refractivity contribution in [1.82, 2.24) is 9.78 Å². The maximum Gasteiger partial charge on any atom is 0.160 e. The van der Waals surface area contributed by atoms with Crippen LogP contribution in [0.1, 0.15) is 23.9 Å². The molecule has 120 valence electrons. The number of aryl methyl sites for hydroxylation is 1. The van der Waals surface area contributed by atoms with Crippen LogP contribution in [-0.2, 0) is 13.1 Å². The number of hydrogen-bond acceptors (Lipinski definition) is 4. The first-order chi connectivity index (χ1) is 10.6. The summed E-state index contributed by atoms with van der Waals surface area (Å²) in [4.78, 5) is 0. The number of rotatable bonds is 7. The summed E-state index contributed by atoms with van der Waals surface area (Å²) >= 11 is 6.19. The molecule has 2 N–H and O–H groups in total. The molecule has 0 saturated heterocycles. The van der Waals surface area contributed by atoms with Crippen LogP contribution in [-0.4, -0.2) is 28.1 Å². The van der Waals surface area contributed by atoms with Crippen LogP contribution < -0.4 is 10.1 Å². The average molecular weight is 324 g/mol. The van der Waals surface area contributed by atoms with Crippen molar-refractivity contribution < 1.29 is 9.84 Å². The standard InChI is InChI=1S/C16H22ClN3O2/c1-4-22-16-14(17)6-5-7-15(16)18-10-13-11(2)19-20(8-9-21)12(13)3/h5-7,18,21H,4,8-10H2,1-3H3. The first-order valence-corrected chi connectivity index (χ1v) is 7.75. The van der Waals surface area contributed by atoms with Gasteiger partial charge in [-0.25, -0.2) is 0 Å². The highest BCUT2D eigenvalue weighted by Crippen LogP contribution is 2.33. The molecule has 0 aliphatic rings. The number of ether oxygens (including phenoxy) is 1. The number of aliphatic hydroxyl groups excluding tert-OH is 1. The van der Waals surface area contributed by atoms with Gasteiger partial charge in [0.15, 0.2) is 5.75 Å². The van der Waals surface area contributed by atoms with E-state index in [9.17, 15) is 0 Å². The third-order valence-corrected chi connectivity index (χ3v) is 3.85. The van der Waals surface area contributed by atoms with Gasteiger partial charge in [0.05, 0.1) is 36.2 Å². The van der Waals surface area contributed by atoms with Crippen molar-refractivity contribution in [2.24, 2.45) is 0 Å². The Hall–Kier alpha value is -1.72. The van der Waals surface area contributed by atoms with E-state index in [1.807, 2.05) is 43.7 Å². The van der Waals surface area contributed by atoms with Crippen molar-refractivity contribution in [3.63, 3.8) is 0 Å². The van der Waals surface area contributed by atoms with Crippen LogP contribution in [0.15, 0.2) is 18.2 Å². The van der Waals surface area contributed by atoms with E-state index in [0.717, 1.165) is 22.6 Å². The summed E-state index contributed by atoms with van der Waals surface area (Å²) in [7, 11) is 0. The zero-order chi connectivity index (χ0) is 16.1. The Morgan fingerprint density at radius 2 is 2.14 bits per heavy atom. The molecule has 1 aromatic heterocycles. The van der Waals surface area contributed by atoms with Crippen molar-refractivity contribution in [2.45, 2.75) is 33.9 Å². The Morgan fingerprint density at radius 1 is 1.36 bits per heavy atom. The Balaban J connectivity index is 2.19. The second-order valence-corrected chi connectivity index (χ2v) is 5.41. The van der Waals surface area contributed by atoms with Crippen molar-refractivity contribution >= 4 is 17.3 Å². The number of hydrogen-bond donors (Lipinski definition) is 2. The predicted octanol–water partition coefficient (Wildman–Crippen LogP) is 3.16. The molecule has 0 fully saturated rings. The monoisotopic (exact) mass is 323 g/mol. The fourth-order valence-corrected chi connectivity index (χ4v) is 2.65. The second kappa shape index (κ2) is 7.51. The highest BCUT2D eigenvalue weighted by Gasteiger charge is 2.13. The molecule has 6 heteroatoms. The van der Waals surface area contributed by atoms with Crippen LogP contribution in [0.4, 0.5) is 5.69 Å². The van der Waals surface area contributed by atoms with Crippen molar-refractivity contribution in [3.8, 4) is 5.75 Å². The Kier molecular flexibility index (Phi) is 5.69. The van der Waals surface area contributed by atoms with Crippen molar-refractivity contribution in [2.75, 3.05) is 18.5 Å². The summed E-state index contributed by atoms with van der Waals surface area (Å²) in [5.74, 6) is 0.671. The summed E-state index contributed by atoms with van der Waals surface area (Å²) in [5, 5.41) is 17.5. The van der Waals surface area contributed by atoms with Crippen LogP contribution in [0.3, 0.4) is 0 Å². The second-order valence-electron chi connectivity index (χ2n) is 5.00. The first kappa shape index (κ1) is 16.6.